The highest BCUT2D eigenvalue weighted by molar-refractivity contribution is 7.47. The normalized spacial score (nSPS) is 14.2. The molecule has 0 bridgehead atoms. The summed E-state index contributed by atoms with van der Waals surface area (Å²) in [6.07, 6.45) is 62.5. The first-order chi connectivity index (χ1) is 49.3. The topological polar surface area (TPSA) is 237 Å². The molecule has 0 aliphatic carbocycles. The summed E-state index contributed by atoms with van der Waals surface area (Å²) in [6.45, 7) is 12.0. The maximum absolute atomic E-state index is 13.1. The van der Waals surface area contributed by atoms with Crippen molar-refractivity contribution in [3.8, 4) is 0 Å². The highest BCUT2D eigenvalue weighted by atomic mass is 31.2. The van der Waals surface area contributed by atoms with Crippen LogP contribution in [0.2, 0.25) is 0 Å². The van der Waals surface area contributed by atoms with Gasteiger partial charge in [0.2, 0.25) is 0 Å². The van der Waals surface area contributed by atoms with Gasteiger partial charge in [-0.05, 0) is 43.4 Å². The van der Waals surface area contributed by atoms with E-state index in [1.807, 2.05) is 0 Å². The number of aliphatic hydroxyl groups is 1. The van der Waals surface area contributed by atoms with Crippen LogP contribution in [0, 0.1) is 17.8 Å². The number of unbranched alkanes of at least 4 members (excludes halogenated alkanes) is 48. The SMILES string of the molecule is CCCCCCCCCCCCCCCCCCCCCC(=O)O[C@H](COC(=O)CCCCCCCCCCCCCCCCC(C)C)COP(=O)(O)OC[C@@H](O)COP(=O)(O)OC[C@@H](COC(=O)CCCCCCCCC(C)CC)OC(=O)CCCCCCCCCCCCCCCC(C)C. The van der Waals surface area contributed by atoms with Crippen molar-refractivity contribution in [3.63, 3.8) is 0 Å². The zero-order valence-electron chi connectivity index (χ0n) is 67.1. The van der Waals surface area contributed by atoms with E-state index in [2.05, 4.69) is 48.5 Å². The van der Waals surface area contributed by atoms with Crippen molar-refractivity contribution in [1.82, 2.24) is 0 Å². The summed E-state index contributed by atoms with van der Waals surface area (Å²) in [5.74, 6) is 0.207. The lowest BCUT2D eigenvalue weighted by molar-refractivity contribution is -0.161. The Balaban J connectivity index is 5.24. The van der Waals surface area contributed by atoms with Gasteiger partial charge in [0, 0.05) is 25.7 Å². The minimum atomic E-state index is -4.96. The lowest BCUT2D eigenvalue weighted by atomic mass is 10.00. The Morgan fingerprint density at radius 3 is 0.745 bits per heavy atom. The van der Waals surface area contributed by atoms with Gasteiger partial charge in [0.1, 0.15) is 19.3 Å². The van der Waals surface area contributed by atoms with Gasteiger partial charge in [0.25, 0.3) is 0 Å². The van der Waals surface area contributed by atoms with Crippen molar-refractivity contribution < 1.29 is 80.2 Å². The maximum Gasteiger partial charge on any atom is 0.472 e. The van der Waals surface area contributed by atoms with Crippen LogP contribution >= 0.6 is 15.6 Å². The molecule has 0 aromatic rings. The number of rotatable bonds is 81. The second-order valence-electron chi connectivity index (χ2n) is 31.1. The fraction of sp³-hybridized carbons (Fsp3) is 0.952. The smallest absolute Gasteiger partial charge is 0.462 e. The number of aliphatic hydroxyl groups excluding tert-OH is 1. The number of hydrogen-bond acceptors (Lipinski definition) is 15. The second-order valence-corrected chi connectivity index (χ2v) is 34.0. The first-order valence-electron chi connectivity index (χ1n) is 42.9. The van der Waals surface area contributed by atoms with Gasteiger partial charge in [-0.3, -0.25) is 37.3 Å². The molecule has 0 spiro atoms. The van der Waals surface area contributed by atoms with E-state index in [1.165, 1.54) is 238 Å². The number of esters is 4. The van der Waals surface area contributed by atoms with Crippen LogP contribution in [-0.2, 0) is 65.4 Å². The molecule has 17 nitrogen and oxygen atoms in total. The van der Waals surface area contributed by atoms with Gasteiger partial charge >= 0.3 is 39.5 Å². The zero-order chi connectivity index (χ0) is 75.1. The summed E-state index contributed by atoms with van der Waals surface area (Å²) < 4.78 is 68.8. The molecule has 0 aliphatic heterocycles. The molecule has 0 aromatic heterocycles. The van der Waals surface area contributed by atoms with Gasteiger partial charge in [0.05, 0.1) is 26.4 Å². The molecule has 0 rings (SSSR count). The molecular weight excluding hydrogens is 1330 g/mol. The molecule has 0 aromatic carbocycles. The molecule has 0 saturated carbocycles. The molecule has 0 saturated heterocycles. The highest BCUT2D eigenvalue weighted by Gasteiger charge is 2.30. The summed E-state index contributed by atoms with van der Waals surface area (Å²) in [7, 11) is -9.92. The lowest BCUT2D eigenvalue weighted by Gasteiger charge is -2.21. The molecular formula is C83H162O17P2. The summed E-state index contributed by atoms with van der Waals surface area (Å²) in [4.78, 5) is 73.1. The lowest BCUT2D eigenvalue weighted by Crippen LogP contribution is -2.30. The molecule has 3 unspecified atom stereocenters. The van der Waals surface area contributed by atoms with E-state index in [9.17, 15) is 43.2 Å². The average Bonchev–Trinajstić information content (AvgIpc) is 0.911. The summed E-state index contributed by atoms with van der Waals surface area (Å²) in [5.41, 5.74) is 0. The van der Waals surface area contributed by atoms with Gasteiger partial charge in [-0.1, -0.05) is 382 Å². The number of carbonyl (C=O) groups is 4. The van der Waals surface area contributed by atoms with Gasteiger partial charge in [0.15, 0.2) is 12.2 Å². The van der Waals surface area contributed by atoms with Crippen LogP contribution in [-0.4, -0.2) is 96.7 Å². The third-order valence-corrected chi connectivity index (χ3v) is 21.6. The van der Waals surface area contributed by atoms with Crippen molar-refractivity contribution in [2.24, 2.45) is 17.8 Å². The number of hydrogen-bond donors (Lipinski definition) is 3. The molecule has 0 radical (unpaired) electrons. The molecule has 0 fully saturated rings. The Kier molecular flexibility index (Phi) is 71.8. The molecule has 102 heavy (non-hydrogen) atoms. The van der Waals surface area contributed by atoms with Crippen LogP contribution in [0.5, 0.6) is 0 Å². The second kappa shape index (κ2) is 73.2. The first-order valence-corrected chi connectivity index (χ1v) is 45.9. The standard InChI is InChI=1S/C83H162O17P2/c1-8-10-11-12-13-14-15-16-17-18-19-20-21-28-33-38-43-52-59-66-82(87)99-78(70-93-80(85)64-57-50-42-37-32-27-23-22-25-30-35-40-47-54-61-74(3)4)72-97-101(89,90)95-68-77(84)69-96-102(91,92)98-73-79(71-94-81(86)65-58-51-46-45-49-56-63-76(7)9-2)100-83(88)67-60-53-44-39-34-29-24-26-31-36-41-48-55-62-75(5)6/h74-79,84H,8-73H2,1-7H3,(H,89,90)(H,91,92)/t76?,77-,78-,79-/m1/s1. The van der Waals surface area contributed by atoms with Crippen LogP contribution in [0.1, 0.15) is 434 Å². The third-order valence-electron chi connectivity index (χ3n) is 19.7. The van der Waals surface area contributed by atoms with Gasteiger partial charge in [-0.2, -0.15) is 0 Å². The van der Waals surface area contributed by atoms with E-state index in [-0.39, 0.29) is 25.7 Å². The summed E-state index contributed by atoms with van der Waals surface area (Å²) in [5, 5.41) is 10.7. The minimum absolute atomic E-state index is 0.106. The van der Waals surface area contributed by atoms with Crippen molar-refractivity contribution in [2.45, 2.75) is 452 Å². The van der Waals surface area contributed by atoms with Crippen LogP contribution in [0.3, 0.4) is 0 Å². The molecule has 19 heteroatoms. The molecule has 3 N–H and O–H groups in total. The van der Waals surface area contributed by atoms with Gasteiger partial charge < -0.3 is 33.8 Å². The van der Waals surface area contributed by atoms with Gasteiger partial charge in [-0.25, -0.2) is 9.13 Å². The summed E-state index contributed by atoms with van der Waals surface area (Å²) >= 11 is 0. The minimum Gasteiger partial charge on any atom is -0.462 e. The van der Waals surface area contributed by atoms with E-state index in [4.69, 9.17) is 37.0 Å². The van der Waals surface area contributed by atoms with Crippen LogP contribution in [0.4, 0.5) is 0 Å². The Bertz CT molecular complexity index is 1980. The van der Waals surface area contributed by atoms with Crippen LogP contribution in [0.25, 0.3) is 0 Å². The quantitative estimate of drug-likeness (QED) is 0.0222. The highest BCUT2D eigenvalue weighted by Crippen LogP contribution is 2.45. The van der Waals surface area contributed by atoms with Crippen LogP contribution in [0.15, 0.2) is 0 Å². The number of ether oxygens (including phenoxy) is 4. The molecule has 0 amide bonds. The van der Waals surface area contributed by atoms with E-state index in [0.29, 0.717) is 25.7 Å². The van der Waals surface area contributed by atoms with Crippen molar-refractivity contribution in [3.05, 3.63) is 0 Å². The fourth-order valence-corrected chi connectivity index (χ4v) is 14.4. The Labute approximate surface area is 626 Å². The van der Waals surface area contributed by atoms with Crippen molar-refractivity contribution in [1.29, 1.82) is 0 Å². The summed E-state index contributed by atoms with van der Waals surface area (Å²) in [6, 6.07) is 0. The van der Waals surface area contributed by atoms with E-state index in [1.54, 1.807) is 0 Å². The van der Waals surface area contributed by atoms with Crippen LogP contribution < -0.4 is 0 Å². The molecule has 0 heterocycles. The largest absolute Gasteiger partial charge is 0.472 e. The Morgan fingerprint density at radius 2 is 0.500 bits per heavy atom. The van der Waals surface area contributed by atoms with Crippen molar-refractivity contribution >= 4 is 39.5 Å². The monoisotopic (exact) mass is 1490 g/mol. The van der Waals surface area contributed by atoms with E-state index >= 15 is 0 Å². The predicted molar refractivity (Wildman–Crippen MR) is 418 cm³/mol. The Morgan fingerprint density at radius 1 is 0.284 bits per heavy atom. The molecule has 6 atom stereocenters. The zero-order valence-corrected chi connectivity index (χ0v) is 68.9. The van der Waals surface area contributed by atoms with Gasteiger partial charge in [-0.15, -0.1) is 0 Å². The van der Waals surface area contributed by atoms with E-state index < -0.39 is 97.5 Å². The van der Waals surface area contributed by atoms with E-state index in [0.717, 1.165) is 114 Å². The molecule has 606 valence electrons. The predicted octanol–water partition coefficient (Wildman–Crippen LogP) is 24.9. The number of phosphoric ester groups is 2. The molecule has 0 aliphatic rings. The maximum atomic E-state index is 13.1. The third kappa shape index (κ3) is 74.9. The fourth-order valence-electron chi connectivity index (χ4n) is 12.8. The Hall–Kier alpha value is -1.94. The average molecular weight is 1490 g/mol. The number of carbonyl (C=O) groups excluding carboxylic acids is 4. The number of phosphoric acid groups is 2. The first kappa shape index (κ1) is 100. The van der Waals surface area contributed by atoms with Crippen molar-refractivity contribution in [2.75, 3.05) is 39.6 Å².